The van der Waals surface area contributed by atoms with Crippen molar-refractivity contribution in [1.29, 1.82) is 0 Å². The molecule has 21 heavy (non-hydrogen) atoms. The van der Waals surface area contributed by atoms with Gasteiger partial charge in [-0.15, -0.1) is 0 Å². The Morgan fingerprint density at radius 3 is 2.05 bits per heavy atom. The largest absolute Gasteiger partial charge is 0.297 e. The summed E-state index contributed by atoms with van der Waals surface area (Å²) in [6.07, 6.45) is 5.60. The van der Waals surface area contributed by atoms with Crippen LogP contribution in [0, 0.1) is 13.8 Å². The fourth-order valence-corrected chi connectivity index (χ4v) is 3.38. The number of carbonyl (C=O) groups is 1. The molecule has 1 aliphatic rings. The highest BCUT2D eigenvalue weighted by atomic mass is 16.1. The fourth-order valence-electron chi connectivity index (χ4n) is 3.38. The van der Waals surface area contributed by atoms with Gasteiger partial charge >= 0.3 is 0 Å². The number of likely N-dealkylation sites (tertiary alicyclic amines) is 1. The van der Waals surface area contributed by atoms with Crippen LogP contribution in [0.2, 0.25) is 0 Å². The highest BCUT2D eigenvalue weighted by Crippen LogP contribution is 2.23. The molecule has 2 rings (SSSR count). The van der Waals surface area contributed by atoms with Gasteiger partial charge in [0, 0.05) is 6.42 Å². The zero-order valence-corrected chi connectivity index (χ0v) is 14.0. The Hall–Kier alpha value is -1.15. The van der Waals surface area contributed by atoms with Crippen LogP contribution in [0.25, 0.3) is 0 Å². The van der Waals surface area contributed by atoms with E-state index in [-0.39, 0.29) is 5.54 Å². The van der Waals surface area contributed by atoms with Gasteiger partial charge < -0.3 is 0 Å². The van der Waals surface area contributed by atoms with Crippen LogP contribution in [0.3, 0.4) is 0 Å². The van der Waals surface area contributed by atoms with Crippen LogP contribution in [0.4, 0.5) is 0 Å². The third kappa shape index (κ3) is 4.16. The van der Waals surface area contributed by atoms with Gasteiger partial charge in [-0.2, -0.15) is 0 Å². The number of rotatable bonds is 4. The average Bonchev–Trinajstić information content (AvgIpc) is 2.66. The first-order valence-corrected chi connectivity index (χ1v) is 8.25. The molecule has 0 bridgehead atoms. The maximum atomic E-state index is 12.8. The Bertz CT molecular complexity index is 476. The summed E-state index contributed by atoms with van der Waals surface area (Å²) in [6.45, 7) is 10.5. The van der Waals surface area contributed by atoms with Crippen LogP contribution in [0.1, 0.15) is 56.2 Å². The van der Waals surface area contributed by atoms with E-state index in [0.717, 1.165) is 18.7 Å². The smallest absolute Gasteiger partial charge is 0.156 e. The normalized spacial score (nSPS) is 17.5. The molecule has 1 saturated heterocycles. The molecule has 2 heteroatoms. The SMILES string of the molecule is Cc1cc(C)cc(CC(=O)C(C)(C)N2CCCCCC2)c1. The second-order valence-corrected chi connectivity index (χ2v) is 7.06. The first-order valence-electron chi connectivity index (χ1n) is 8.25. The van der Waals surface area contributed by atoms with Gasteiger partial charge in [0.1, 0.15) is 0 Å². The number of Topliss-reactive ketones (excluding diaryl/α,β-unsaturated/α-hetero) is 1. The van der Waals surface area contributed by atoms with Crippen molar-refractivity contribution in [3.05, 3.63) is 34.9 Å². The van der Waals surface area contributed by atoms with E-state index in [2.05, 4.69) is 50.8 Å². The molecule has 1 heterocycles. The van der Waals surface area contributed by atoms with Crippen LogP contribution in [-0.4, -0.2) is 29.3 Å². The number of benzene rings is 1. The molecular formula is C19H29NO. The molecule has 0 amide bonds. The Morgan fingerprint density at radius 2 is 1.52 bits per heavy atom. The highest BCUT2D eigenvalue weighted by molar-refractivity contribution is 5.89. The molecule has 0 spiro atoms. The maximum Gasteiger partial charge on any atom is 0.156 e. The molecular weight excluding hydrogens is 258 g/mol. The Labute approximate surface area is 129 Å². The van der Waals surface area contributed by atoms with Crippen molar-refractivity contribution in [2.24, 2.45) is 0 Å². The first kappa shape index (κ1) is 16.2. The van der Waals surface area contributed by atoms with Crippen molar-refractivity contribution < 1.29 is 4.79 Å². The molecule has 2 nitrogen and oxygen atoms in total. The summed E-state index contributed by atoms with van der Waals surface area (Å²) in [5, 5.41) is 0. The predicted molar refractivity (Wildman–Crippen MR) is 88.7 cm³/mol. The van der Waals surface area contributed by atoms with E-state index in [1.807, 2.05) is 0 Å². The fraction of sp³-hybridized carbons (Fsp3) is 0.632. The maximum absolute atomic E-state index is 12.8. The molecule has 116 valence electrons. The summed E-state index contributed by atoms with van der Waals surface area (Å²) in [4.78, 5) is 15.2. The lowest BCUT2D eigenvalue weighted by Gasteiger charge is -2.36. The number of carbonyl (C=O) groups excluding carboxylic acids is 1. The third-order valence-electron chi connectivity index (χ3n) is 4.73. The molecule has 1 aromatic rings. The van der Waals surface area contributed by atoms with Gasteiger partial charge in [-0.1, -0.05) is 42.2 Å². The molecule has 1 fully saturated rings. The van der Waals surface area contributed by atoms with E-state index >= 15 is 0 Å². The minimum Gasteiger partial charge on any atom is -0.297 e. The van der Waals surface area contributed by atoms with E-state index in [4.69, 9.17) is 0 Å². The van der Waals surface area contributed by atoms with E-state index in [9.17, 15) is 4.79 Å². The van der Waals surface area contributed by atoms with Crippen molar-refractivity contribution in [2.75, 3.05) is 13.1 Å². The minimum atomic E-state index is -0.345. The second-order valence-electron chi connectivity index (χ2n) is 7.06. The zero-order chi connectivity index (χ0) is 15.5. The lowest BCUT2D eigenvalue weighted by molar-refractivity contribution is -0.128. The standard InChI is InChI=1S/C19H29NO/c1-15-11-16(2)13-17(12-15)14-18(21)19(3,4)20-9-7-5-6-8-10-20/h11-13H,5-10,14H2,1-4H3. The average molecular weight is 287 g/mol. The Kier molecular flexibility index (Phi) is 5.21. The monoisotopic (exact) mass is 287 g/mol. The summed E-state index contributed by atoms with van der Waals surface area (Å²) in [5.74, 6) is 0.342. The number of hydrogen-bond acceptors (Lipinski definition) is 2. The van der Waals surface area contributed by atoms with Crippen LogP contribution < -0.4 is 0 Å². The molecule has 1 aliphatic heterocycles. The zero-order valence-electron chi connectivity index (χ0n) is 14.0. The van der Waals surface area contributed by atoms with E-state index in [1.165, 1.54) is 36.8 Å². The molecule has 0 saturated carbocycles. The summed E-state index contributed by atoms with van der Waals surface area (Å²) >= 11 is 0. The number of ketones is 1. The van der Waals surface area contributed by atoms with Gasteiger partial charge in [-0.05, 0) is 59.2 Å². The van der Waals surface area contributed by atoms with Crippen LogP contribution in [0.15, 0.2) is 18.2 Å². The summed E-state index contributed by atoms with van der Waals surface area (Å²) in [6, 6.07) is 6.45. The van der Waals surface area contributed by atoms with Crippen molar-refractivity contribution in [2.45, 2.75) is 65.3 Å². The summed E-state index contributed by atoms with van der Waals surface area (Å²) < 4.78 is 0. The van der Waals surface area contributed by atoms with Crippen molar-refractivity contribution in [3.8, 4) is 0 Å². The molecule has 1 aromatic carbocycles. The van der Waals surface area contributed by atoms with E-state index in [0.29, 0.717) is 12.2 Å². The summed E-state index contributed by atoms with van der Waals surface area (Å²) in [7, 11) is 0. The van der Waals surface area contributed by atoms with Gasteiger partial charge in [0.2, 0.25) is 0 Å². The minimum absolute atomic E-state index is 0.342. The van der Waals surface area contributed by atoms with Crippen molar-refractivity contribution in [1.82, 2.24) is 4.90 Å². The van der Waals surface area contributed by atoms with E-state index < -0.39 is 0 Å². The van der Waals surface area contributed by atoms with Gasteiger partial charge in [0.25, 0.3) is 0 Å². The molecule has 0 aromatic heterocycles. The predicted octanol–water partition coefficient (Wildman–Crippen LogP) is 4.07. The van der Waals surface area contributed by atoms with Crippen LogP contribution >= 0.6 is 0 Å². The van der Waals surface area contributed by atoms with Gasteiger partial charge in [-0.3, -0.25) is 9.69 Å². The van der Waals surface area contributed by atoms with Gasteiger partial charge in [-0.25, -0.2) is 0 Å². The third-order valence-corrected chi connectivity index (χ3v) is 4.73. The van der Waals surface area contributed by atoms with Crippen LogP contribution in [-0.2, 0) is 11.2 Å². The lowest BCUT2D eigenvalue weighted by Crippen LogP contribution is -2.51. The highest BCUT2D eigenvalue weighted by Gasteiger charge is 2.34. The van der Waals surface area contributed by atoms with Crippen molar-refractivity contribution >= 4 is 5.78 Å². The molecule has 0 radical (unpaired) electrons. The first-order chi connectivity index (χ1) is 9.89. The quantitative estimate of drug-likeness (QED) is 0.832. The number of hydrogen-bond donors (Lipinski definition) is 0. The van der Waals surface area contributed by atoms with Gasteiger partial charge in [0.05, 0.1) is 5.54 Å². The molecule has 0 unspecified atom stereocenters. The lowest BCUT2D eigenvalue weighted by atomic mass is 9.90. The van der Waals surface area contributed by atoms with Crippen molar-refractivity contribution in [3.63, 3.8) is 0 Å². The van der Waals surface area contributed by atoms with Crippen LogP contribution in [0.5, 0.6) is 0 Å². The Morgan fingerprint density at radius 1 is 1.00 bits per heavy atom. The second kappa shape index (κ2) is 6.74. The Balaban J connectivity index is 2.09. The summed E-state index contributed by atoms with van der Waals surface area (Å²) in [5.41, 5.74) is 3.29. The topological polar surface area (TPSA) is 20.3 Å². The van der Waals surface area contributed by atoms with Gasteiger partial charge in [0.15, 0.2) is 5.78 Å². The number of nitrogens with zero attached hydrogens (tertiary/aromatic N) is 1. The van der Waals surface area contributed by atoms with E-state index in [1.54, 1.807) is 0 Å². The molecule has 0 N–H and O–H groups in total. The number of aryl methyl sites for hydroxylation is 2. The molecule has 0 aliphatic carbocycles. The molecule has 0 atom stereocenters.